The topological polar surface area (TPSA) is 78.1 Å². The molecule has 2 aromatic heterocycles. The predicted molar refractivity (Wildman–Crippen MR) is 102 cm³/mol. The Hall–Kier alpha value is -3.19. The van der Waals surface area contributed by atoms with Crippen molar-refractivity contribution in [2.75, 3.05) is 5.75 Å². The van der Waals surface area contributed by atoms with Crippen LogP contribution in [0.4, 0.5) is 0 Å². The third-order valence-corrected chi connectivity index (χ3v) is 4.64. The Labute approximate surface area is 159 Å². The second-order valence-electron chi connectivity index (χ2n) is 5.66. The van der Waals surface area contributed by atoms with E-state index in [1.54, 1.807) is 18.3 Å². The molecule has 2 heterocycles. The van der Waals surface area contributed by atoms with E-state index in [2.05, 4.69) is 15.2 Å². The molecule has 0 bridgehead atoms. The Balaban J connectivity index is 1.36. The first-order valence-corrected chi connectivity index (χ1v) is 9.28. The molecular weight excluding hydrogens is 362 g/mol. The number of carbonyl (C=O) groups excluding carboxylic acids is 1. The van der Waals surface area contributed by atoms with Crippen LogP contribution in [-0.4, -0.2) is 26.7 Å². The number of para-hydroxylation sites is 1. The van der Waals surface area contributed by atoms with Gasteiger partial charge in [-0.15, -0.1) is 10.2 Å². The minimum absolute atomic E-state index is 0.0124. The van der Waals surface area contributed by atoms with Crippen molar-refractivity contribution in [3.05, 3.63) is 78.3 Å². The monoisotopic (exact) mass is 377 g/mol. The first kappa shape index (κ1) is 17.2. The first-order chi connectivity index (χ1) is 13.3. The van der Waals surface area contributed by atoms with E-state index in [0.29, 0.717) is 22.4 Å². The Morgan fingerprint density at radius 3 is 2.74 bits per heavy atom. The molecule has 134 valence electrons. The average Bonchev–Trinajstić information content (AvgIpc) is 3.19. The van der Waals surface area contributed by atoms with Gasteiger partial charge < -0.3 is 9.15 Å². The number of nitrogens with zero attached hydrogens (tertiary/aromatic N) is 3. The maximum absolute atomic E-state index is 12.1. The number of carbonyl (C=O) groups is 1. The number of pyridine rings is 1. The van der Waals surface area contributed by atoms with Crippen molar-refractivity contribution in [1.82, 2.24) is 15.2 Å². The molecule has 0 spiro atoms. The highest BCUT2D eigenvalue weighted by Crippen LogP contribution is 2.24. The van der Waals surface area contributed by atoms with Gasteiger partial charge in [0.05, 0.1) is 5.75 Å². The van der Waals surface area contributed by atoms with Gasteiger partial charge in [0.1, 0.15) is 11.3 Å². The Morgan fingerprint density at radius 1 is 1.00 bits per heavy atom. The van der Waals surface area contributed by atoms with Crippen molar-refractivity contribution < 1.29 is 13.9 Å². The zero-order valence-electron chi connectivity index (χ0n) is 14.2. The van der Waals surface area contributed by atoms with Crippen LogP contribution in [0.5, 0.6) is 5.75 Å². The SMILES string of the molecule is O=C(CSc1nnc(COc2cccc3cccnc23)o1)c1ccccc1. The highest BCUT2D eigenvalue weighted by atomic mass is 32.2. The summed E-state index contributed by atoms with van der Waals surface area (Å²) in [5.41, 5.74) is 1.44. The number of rotatable bonds is 7. The quantitative estimate of drug-likeness (QED) is 0.353. The molecule has 0 atom stereocenters. The third-order valence-electron chi connectivity index (χ3n) is 3.82. The minimum Gasteiger partial charge on any atom is -0.482 e. The van der Waals surface area contributed by atoms with Crippen LogP contribution in [0.15, 0.2) is 76.5 Å². The summed E-state index contributed by atoms with van der Waals surface area (Å²) >= 11 is 1.21. The molecule has 4 aromatic rings. The number of ether oxygens (including phenoxy) is 1. The number of ketones is 1. The van der Waals surface area contributed by atoms with E-state index in [1.807, 2.05) is 48.5 Å². The Kier molecular flexibility index (Phi) is 5.11. The smallest absolute Gasteiger partial charge is 0.277 e. The predicted octanol–water partition coefficient (Wildman–Crippen LogP) is 4.17. The number of Topliss-reactive ketones (excluding diaryl/α,β-unsaturated/α-hetero) is 1. The number of hydrogen-bond donors (Lipinski definition) is 0. The Bertz CT molecular complexity index is 1060. The molecule has 0 aliphatic carbocycles. The molecule has 0 aliphatic heterocycles. The van der Waals surface area contributed by atoms with Gasteiger partial charge in [-0.05, 0) is 12.1 Å². The van der Waals surface area contributed by atoms with Crippen molar-refractivity contribution in [2.24, 2.45) is 0 Å². The van der Waals surface area contributed by atoms with Crippen molar-refractivity contribution >= 4 is 28.4 Å². The van der Waals surface area contributed by atoms with Crippen LogP contribution < -0.4 is 4.74 Å². The highest BCUT2D eigenvalue weighted by Gasteiger charge is 2.12. The van der Waals surface area contributed by atoms with Crippen LogP contribution >= 0.6 is 11.8 Å². The van der Waals surface area contributed by atoms with Crippen LogP contribution in [0.1, 0.15) is 16.2 Å². The summed E-state index contributed by atoms with van der Waals surface area (Å²) in [7, 11) is 0. The van der Waals surface area contributed by atoms with E-state index < -0.39 is 0 Å². The molecule has 0 saturated heterocycles. The van der Waals surface area contributed by atoms with Crippen LogP contribution in [0.25, 0.3) is 10.9 Å². The fraction of sp³-hybridized carbons (Fsp3) is 0.100. The standard InChI is InChI=1S/C20H15N3O3S/c24-16(14-6-2-1-3-7-14)13-27-20-23-22-18(26-20)12-25-17-10-4-8-15-9-5-11-21-19(15)17/h1-11H,12-13H2. The lowest BCUT2D eigenvalue weighted by Crippen LogP contribution is -2.01. The van der Waals surface area contributed by atoms with Gasteiger partial charge in [-0.25, -0.2) is 0 Å². The van der Waals surface area contributed by atoms with E-state index in [1.165, 1.54) is 11.8 Å². The van der Waals surface area contributed by atoms with Gasteiger partial charge in [-0.3, -0.25) is 9.78 Å². The molecule has 0 saturated carbocycles. The van der Waals surface area contributed by atoms with Gasteiger partial charge in [0, 0.05) is 17.1 Å². The van der Waals surface area contributed by atoms with Gasteiger partial charge in [-0.2, -0.15) is 0 Å². The lowest BCUT2D eigenvalue weighted by molar-refractivity contribution is 0.102. The van der Waals surface area contributed by atoms with E-state index in [0.717, 1.165) is 10.9 Å². The second-order valence-corrected chi connectivity index (χ2v) is 6.59. The van der Waals surface area contributed by atoms with Crippen molar-refractivity contribution in [2.45, 2.75) is 11.8 Å². The van der Waals surface area contributed by atoms with Gasteiger partial charge in [0.25, 0.3) is 11.1 Å². The number of thioether (sulfide) groups is 1. The average molecular weight is 377 g/mol. The van der Waals surface area contributed by atoms with Crippen LogP contribution in [0.3, 0.4) is 0 Å². The van der Waals surface area contributed by atoms with E-state index in [-0.39, 0.29) is 18.1 Å². The van der Waals surface area contributed by atoms with E-state index in [4.69, 9.17) is 9.15 Å². The largest absolute Gasteiger partial charge is 0.482 e. The molecule has 0 fully saturated rings. The number of aromatic nitrogens is 3. The van der Waals surface area contributed by atoms with Crippen molar-refractivity contribution in [3.8, 4) is 5.75 Å². The third kappa shape index (κ3) is 4.15. The van der Waals surface area contributed by atoms with Crippen molar-refractivity contribution in [1.29, 1.82) is 0 Å². The van der Waals surface area contributed by atoms with Crippen LogP contribution in [0, 0.1) is 0 Å². The molecule has 7 heteroatoms. The molecule has 0 N–H and O–H groups in total. The van der Waals surface area contributed by atoms with Gasteiger partial charge in [-0.1, -0.05) is 60.3 Å². The summed E-state index contributed by atoms with van der Waals surface area (Å²) in [6.07, 6.45) is 1.72. The lowest BCUT2D eigenvalue weighted by Gasteiger charge is -2.06. The van der Waals surface area contributed by atoms with Crippen LogP contribution in [-0.2, 0) is 6.61 Å². The van der Waals surface area contributed by atoms with Gasteiger partial charge in [0.15, 0.2) is 12.4 Å². The summed E-state index contributed by atoms with van der Waals surface area (Å²) < 4.78 is 11.3. The summed E-state index contributed by atoms with van der Waals surface area (Å²) in [5.74, 6) is 1.25. The fourth-order valence-corrected chi connectivity index (χ4v) is 3.20. The number of benzene rings is 2. The fourth-order valence-electron chi connectivity index (χ4n) is 2.52. The first-order valence-electron chi connectivity index (χ1n) is 8.29. The van der Waals surface area contributed by atoms with E-state index >= 15 is 0 Å². The van der Waals surface area contributed by atoms with Gasteiger partial charge >= 0.3 is 0 Å². The normalized spacial score (nSPS) is 10.8. The maximum Gasteiger partial charge on any atom is 0.277 e. The molecule has 0 unspecified atom stereocenters. The Morgan fingerprint density at radius 2 is 1.85 bits per heavy atom. The number of fused-ring (bicyclic) bond motifs is 1. The summed E-state index contributed by atoms with van der Waals surface area (Å²) in [5, 5.41) is 9.26. The molecule has 27 heavy (non-hydrogen) atoms. The van der Waals surface area contributed by atoms with Crippen molar-refractivity contribution in [3.63, 3.8) is 0 Å². The molecule has 2 aromatic carbocycles. The van der Waals surface area contributed by atoms with Crippen LogP contribution in [0.2, 0.25) is 0 Å². The molecular formula is C20H15N3O3S. The maximum atomic E-state index is 12.1. The summed E-state index contributed by atoms with van der Waals surface area (Å²) in [6, 6.07) is 18.7. The molecule has 0 radical (unpaired) electrons. The highest BCUT2D eigenvalue weighted by molar-refractivity contribution is 7.99. The molecule has 0 amide bonds. The molecule has 4 rings (SSSR count). The second kappa shape index (κ2) is 8.01. The zero-order valence-corrected chi connectivity index (χ0v) is 15.1. The van der Waals surface area contributed by atoms with Gasteiger partial charge in [0.2, 0.25) is 0 Å². The summed E-state index contributed by atoms with van der Waals surface area (Å²) in [6.45, 7) is 0.135. The van der Waals surface area contributed by atoms with E-state index in [9.17, 15) is 4.79 Å². The number of hydrogen-bond acceptors (Lipinski definition) is 7. The minimum atomic E-state index is 0.0124. The molecule has 0 aliphatic rings. The lowest BCUT2D eigenvalue weighted by atomic mass is 10.2. The molecule has 6 nitrogen and oxygen atoms in total. The zero-order chi connectivity index (χ0) is 18.5. The summed E-state index contributed by atoms with van der Waals surface area (Å²) in [4.78, 5) is 16.5.